The van der Waals surface area contributed by atoms with Gasteiger partial charge in [-0.05, 0) is 6.07 Å². The van der Waals surface area contributed by atoms with Crippen molar-refractivity contribution in [1.29, 1.82) is 0 Å². The predicted molar refractivity (Wildman–Crippen MR) is 49.1 cm³/mol. The third-order valence-electron chi connectivity index (χ3n) is 1.91. The summed E-state index contributed by atoms with van der Waals surface area (Å²) >= 11 is 0. The zero-order valence-electron chi connectivity index (χ0n) is 7.18. The van der Waals surface area contributed by atoms with Crippen LogP contribution in [-0.2, 0) is 0 Å². The Morgan fingerprint density at radius 3 is 3.00 bits per heavy atom. The summed E-state index contributed by atoms with van der Waals surface area (Å²) in [5.74, 6) is -0.593. The number of rotatable bonds is 2. The highest BCUT2D eigenvalue weighted by atomic mass is 16.1. The standard InChI is InChI=1S/C9H7N3O2/c10-8(14)7-3-6(5-13)4-12-2-1-11-9(7)12/h1-5H,(H2,10,14). The molecule has 0 unspecified atom stereocenters. The molecular formula is C9H7N3O2. The van der Waals surface area contributed by atoms with Crippen LogP contribution in [0.15, 0.2) is 24.7 Å². The smallest absolute Gasteiger partial charge is 0.252 e. The Morgan fingerprint density at radius 2 is 2.36 bits per heavy atom. The second-order valence-corrected chi connectivity index (χ2v) is 2.83. The number of pyridine rings is 1. The number of nitrogens with two attached hydrogens (primary N) is 1. The van der Waals surface area contributed by atoms with Crippen LogP contribution in [0.5, 0.6) is 0 Å². The van der Waals surface area contributed by atoms with E-state index in [1.807, 2.05) is 0 Å². The van der Waals surface area contributed by atoms with E-state index in [0.717, 1.165) is 0 Å². The maximum absolute atomic E-state index is 11.0. The van der Waals surface area contributed by atoms with Gasteiger partial charge in [0.25, 0.3) is 5.91 Å². The van der Waals surface area contributed by atoms with Gasteiger partial charge in [0.2, 0.25) is 0 Å². The molecule has 2 rings (SSSR count). The fourth-order valence-electron chi connectivity index (χ4n) is 1.30. The summed E-state index contributed by atoms with van der Waals surface area (Å²) in [6.07, 6.45) is 5.43. The highest BCUT2D eigenvalue weighted by Gasteiger charge is 2.09. The lowest BCUT2D eigenvalue weighted by Gasteiger charge is -2.00. The first-order chi connectivity index (χ1) is 6.72. The van der Waals surface area contributed by atoms with Gasteiger partial charge in [-0.1, -0.05) is 0 Å². The number of aromatic nitrogens is 2. The van der Waals surface area contributed by atoms with Gasteiger partial charge in [0, 0.05) is 24.2 Å². The summed E-state index contributed by atoms with van der Waals surface area (Å²) in [6.45, 7) is 0. The maximum atomic E-state index is 11.0. The summed E-state index contributed by atoms with van der Waals surface area (Å²) in [5, 5.41) is 0. The molecular weight excluding hydrogens is 182 g/mol. The van der Waals surface area contributed by atoms with E-state index in [9.17, 15) is 9.59 Å². The average molecular weight is 189 g/mol. The molecule has 0 aliphatic carbocycles. The minimum atomic E-state index is -0.593. The third kappa shape index (κ3) is 1.15. The van der Waals surface area contributed by atoms with E-state index in [4.69, 9.17) is 5.73 Å². The molecule has 0 aromatic carbocycles. The molecule has 14 heavy (non-hydrogen) atoms. The fourth-order valence-corrected chi connectivity index (χ4v) is 1.30. The average Bonchev–Trinajstić information content (AvgIpc) is 2.63. The van der Waals surface area contributed by atoms with E-state index >= 15 is 0 Å². The minimum Gasteiger partial charge on any atom is -0.365 e. The number of primary amides is 1. The van der Waals surface area contributed by atoms with Gasteiger partial charge in [-0.25, -0.2) is 4.98 Å². The van der Waals surface area contributed by atoms with Crippen LogP contribution >= 0.6 is 0 Å². The van der Waals surface area contributed by atoms with Crippen LogP contribution in [0.1, 0.15) is 20.7 Å². The van der Waals surface area contributed by atoms with Crippen LogP contribution < -0.4 is 5.73 Å². The Kier molecular flexibility index (Phi) is 1.78. The number of hydrogen-bond donors (Lipinski definition) is 1. The van der Waals surface area contributed by atoms with E-state index < -0.39 is 5.91 Å². The zero-order chi connectivity index (χ0) is 10.1. The molecule has 0 saturated heterocycles. The summed E-state index contributed by atoms with van der Waals surface area (Å²) in [4.78, 5) is 25.6. The van der Waals surface area contributed by atoms with Gasteiger partial charge in [0.05, 0.1) is 5.56 Å². The van der Waals surface area contributed by atoms with Gasteiger partial charge < -0.3 is 10.1 Å². The molecule has 70 valence electrons. The van der Waals surface area contributed by atoms with Gasteiger partial charge in [0.1, 0.15) is 5.65 Å². The molecule has 0 aliphatic rings. The Hall–Kier alpha value is -2.17. The van der Waals surface area contributed by atoms with E-state index in [1.165, 1.54) is 12.3 Å². The van der Waals surface area contributed by atoms with Gasteiger partial charge in [-0.15, -0.1) is 0 Å². The first-order valence-electron chi connectivity index (χ1n) is 3.94. The van der Waals surface area contributed by atoms with Crippen molar-refractivity contribution in [2.24, 2.45) is 5.73 Å². The van der Waals surface area contributed by atoms with E-state index in [0.29, 0.717) is 17.5 Å². The maximum Gasteiger partial charge on any atom is 0.252 e. The number of carbonyl (C=O) groups is 2. The number of amides is 1. The summed E-state index contributed by atoms with van der Waals surface area (Å²) in [5.41, 5.74) is 6.26. The van der Waals surface area contributed by atoms with Crippen LogP contribution in [0.25, 0.3) is 5.65 Å². The van der Waals surface area contributed by atoms with Crippen molar-refractivity contribution < 1.29 is 9.59 Å². The number of aldehydes is 1. The van der Waals surface area contributed by atoms with Crippen molar-refractivity contribution in [3.05, 3.63) is 35.8 Å². The first-order valence-corrected chi connectivity index (χ1v) is 3.94. The topological polar surface area (TPSA) is 77.5 Å². The summed E-state index contributed by atoms with van der Waals surface area (Å²) < 4.78 is 1.59. The van der Waals surface area contributed by atoms with Crippen molar-refractivity contribution in [2.45, 2.75) is 0 Å². The van der Waals surface area contributed by atoms with Crippen LogP contribution in [0.3, 0.4) is 0 Å². The van der Waals surface area contributed by atoms with Crippen molar-refractivity contribution >= 4 is 17.8 Å². The van der Waals surface area contributed by atoms with Crippen molar-refractivity contribution in [3.63, 3.8) is 0 Å². The third-order valence-corrected chi connectivity index (χ3v) is 1.91. The van der Waals surface area contributed by atoms with Gasteiger partial charge >= 0.3 is 0 Å². The summed E-state index contributed by atoms with van der Waals surface area (Å²) in [7, 11) is 0. The number of hydrogen-bond acceptors (Lipinski definition) is 3. The second-order valence-electron chi connectivity index (χ2n) is 2.83. The molecule has 0 radical (unpaired) electrons. The van der Waals surface area contributed by atoms with Crippen LogP contribution in [0, 0.1) is 0 Å². The largest absolute Gasteiger partial charge is 0.365 e. The van der Waals surface area contributed by atoms with Crippen molar-refractivity contribution in [2.75, 3.05) is 0 Å². The van der Waals surface area contributed by atoms with E-state index in [2.05, 4.69) is 4.98 Å². The van der Waals surface area contributed by atoms with Crippen molar-refractivity contribution in [1.82, 2.24) is 9.38 Å². The van der Waals surface area contributed by atoms with Crippen LogP contribution in [-0.4, -0.2) is 21.6 Å². The molecule has 0 atom stereocenters. The Balaban J connectivity index is 2.83. The normalized spacial score (nSPS) is 10.3. The molecule has 2 heterocycles. The predicted octanol–water partition coefficient (Wildman–Crippen LogP) is 0.246. The molecule has 5 nitrogen and oxygen atoms in total. The van der Waals surface area contributed by atoms with Gasteiger partial charge in [-0.2, -0.15) is 0 Å². The molecule has 0 spiro atoms. The summed E-state index contributed by atoms with van der Waals surface area (Å²) in [6, 6.07) is 1.43. The number of imidazole rings is 1. The molecule has 5 heteroatoms. The molecule has 2 aromatic rings. The molecule has 0 saturated carbocycles. The molecule has 1 amide bonds. The number of nitrogens with zero attached hydrogens (tertiary/aromatic N) is 2. The lowest BCUT2D eigenvalue weighted by molar-refractivity contribution is 0.100. The molecule has 0 fully saturated rings. The zero-order valence-corrected chi connectivity index (χ0v) is 7.18. The lowest BCUT2D eigenvalue weighted by Crippen LogP contribution is -2.13. The van der Waals surface area contributed by atoms with E-state index in [1.54, 1.807) is 16.8 Å². The highest BCUT2D eigenvalue weighted by molar-refractivity contribution is 6.00. The first kappa shape index (κ1) is 8.43. The molecule has 0 bridgehead atoms. The Morgan fingerprint density at radius 1 is 1.57 bits per heavy atom. The quantitative estimate of drug-likeness (QED) is 0.687. The molecule has 2 aromatic heterocycles. The van der Waals surface area contributed by atoms with Gasteiger partial charge in [0.15, 0.2) is 6.29 Å². The van der Waals surface area contributed by atoms with Crippen molar-refractivity contribution in [3.8, 4) is 0 Å². The van der Waals surface area contributed by atoms with Crippen LogP contribution in [0.2, 0.25) is 0 Å². The monoisotopic (exact) mass is 189 g/mol. The number of carbonyl (C=O) groups excluding carboxylic acids is 2. The lowest BCUT2D eigenvalue weighted by atomic mass is 10.2. The highest BCUT2D eigenvalue weighted by Crippen LogP contribution is 2.10. The van der Waals surface area contributed by atoms with E-state index in [-0.39, 0.29) is 5.56 Å². The minimum absolute atomic E-state index is 0.250. The number of fused-ring (bicyclic) bond motifs is 1. The van der Waals surface area contributed by atoms with Crippen LogP contribution in [0.4, 0.5) is 0 Å². The Labute approximate surface area is 79.2 Å². The molecule has 2 N–H and O–H groups in total. The molecule has 0 aliphatic heterocycles. The van der Waals surface area contributed by atoms with Gasteiger partial charge in [-0.3, -0.25) is 9.59 Å². The Bertz CT molecular complexity index is 516. The SMILES string of the molecule is NC(=O)c1cc(C=O)cn2ccnc12. The second kappa shape index (κ2) is 2.95. The fraction of sp³-hybridized carbons (Fsp3) is 0.